The minimum Gasteiger partial charge on any atom is -0.480 e. The average molecular weight is 219 g/mol. The number of carboxylic acids is 1. The molecule has 4 heteroatoms. The standard InChI is InChI=1S/C12H13NO3/c14-9-13-11(12(15)16)8-4-7-10-5-2-1-3-6-10/h1-7,9,11H,8H2,(H,13,14)(H,15,16). The van der Waals surface area contributed by atoms with Crippen molar-refractivity contribution in [2.75, 3.05) is 0 Å². The molecule has 2 N–H and O–H groups in total. The molecule has 0 saturated heterocycles. The van der Waals surface area contributed by atoms with Crippen molar-refractivity contribution in [2.45, 2.75) is 12.5 Å². The summed E-state index contributed by atoms with van der Waals surface area (Å²) < 4.78 is 0. The fourth-order valence-electron chi connectivity index (χ4n) is 1.23. The van der Waals surface area contributed by atoms with Crippen LogP contribution >= 0.6 is 0 Å². The van der Waals surface area contributed by atoms with Gasteiger partial charge >= 0.3 is 5.97 Å². The summed E-state index contributed by atoms with van der Waals surface area (Å²) in [5, 5.41) is 11.0. The highest BCUT2D eigenvalue weighted by Crippen LogP contribution is 2.03. The normalized spacial score (nSPS) is 12.2. The second kappa shape index (κ2) is 6.40. The largest absolute Gasteiger partial charge is 0.480 e. The van der Waals surface area contributed by atoms with Crippen LogP contribution in [0.4, 0.5) is 0 Å². The molecule has 0 aliphatic heterocycles. The Morgan fingerprint density at radius 3 is 2.62 bits per heavy atom. The number of nitrogens with one attached hydrogen (secondary N) is 1. The van der Waals surface area contributed by atoms with E-state index < -0.39 is 12.0 Å². The van der Waals surface area contributed by atoms with Crippen molar-refractivity contribution in [1.82, 2.24) is 5.32 Å². The SMILES string of the molecule is O=CNC(CC=Cc1ccccc1)C(=O)O. The molecule has 1 aromatic rings. The lowest BCUT2D eigenvalue weighted by atomic mass is 10.1. The zero-order valence-corrected chi connectivity index (χ0v) is 8.67. The van der Waals surface area contributed by atoms with Crippen LogP contribution in [0.5, 0.6) is 0 Å². The van der Waals surface area contributed by atoms with Crippen LogP contribution in [0.25, 0.3) is 6.08 Å². The Morgan fingerprint density at radius 1 is 1.38 bits per heavy atom. The fourth-order valence-corrected chi connectivity index (χ4v) is 1.23. The molecule has 1 atom stereocenters. The molecule has 16 heavy (non-hydrogen) atoms. The van der Waals surface area contributed by atoms with E-state index in [1.807, 2.05) is 36.4 Å². The molecule has 4 nitrogen and oxygen atoms in total. The fraction of sp³-hybridized carbons (Fsp3) is 0.167. The topological polar surface area (TPSA) is 66.4 Å². The second-order valence-electron chi connectivity index (χ2n) is 3.22. The van der Waals surface area contributed by atoms with Gasteiger partial charge in [-0.1, -0.05) is 42.5 Å². The number of rotatable bonds is 6. The monoisotopic (exact) mass is 219 g/mol. The molecule has 84 valence electrons. The van der Waals surface area contributed by atoms with Crippen molar-refractivity contribution in [2.24, 2.45) is 0 Å². The first-order valence-electron chi connectivity index (χ1n) is 4.88. The molecule has 0 heterocycles. The Morgan fingerprint density at radius 2 is 2.06 bits per heavy atom. The third kappa shape index (κ3) is 3.96. The third-order valence-electron chi connectivity index (χ3n) is 2.05. The quantitative estimate of drug-likeness (QED) is 0.708. The number of hydrogen-bond acceptors (Lipinski definition) is 2. The molecule has 1 unspecified atom stereocenters. The molecule has 1 amide bonds. The minimum absolute atomic E-state index is 0.267. The van der Waals surface area contributed by atoms with Gasteiger partial charge in [0.05, 0.1) is 0 Å². The molecule has 1 aromatic carbocycles. The maximum Gasteiger partial charge on any atom is 0.326 e. The molecular formula is C12H13NO3. The summed E-state index contributed by atoms with van der Waals surface area (Å²) in [6.45, 7) is 0. The average Bonchev–Trinajstić information content (AvgIpc) is 2.29. The number of hydrogen-bond donors (Lipinski definition) is 2. The number of carboxylic acid groups (broad SMARTS) is 1. The lowest BCUT2D eigenvalue weighted by Crippen LogP contribution is -2.35. The van der Waals surface area contributed by atoms with Gasteiger partial charge in [0.1, 0.15) is 6.04 Å². The smallest absolute Gasteiger partial charge is 0.326 e. The highest BCUT2D eigenvalue weighted by Gasteiger charge is 2.13. The zero-order chi connectivity index (χ0) is 11.8. The summed E-state index contributed by atoms with van der Waals surface area (Å²) >= 11 is 0. The van der Waals surface area contributed by atoms with E-state index in [-0.39, 0.29) is 6.42 Å². The summed E-state index contributed by atoms with van der Waals surface area (Å²) in [6, 6.07) is 8.68. The van der Waals surface area contributed by atoms with Crippen LogP contribution < -0.4 is 5.32 Å². The summed E-state index contributed by atoms with van der Waals surface area (Å²) in [6.07, 6.45) is 4.21. The van der Waals surface area contributed by atoms with E-state index in [2.05, 4.69) is 5.32 Å². The van der Waals surface area contributed by atoms with Gasteiger partial charge < -0.3 is 10.4 Å². The van der Waals surface area contributed by atoms with E-state index in [4.69, 9.17) is 5.11 Å². The molecule has 0 aliphatic carbocycles. The predicted octanol–water partition coefficient (Wildman–Crippen LogP) is 1.29. The van der Waals surface area contributed by atoms with Gasteiger partial charge in [-0.15, -0.1) is 0 Å². The summed E-state index contributed by atoms with van der Waals surface area (Å²) in [5.74, 6) is -1.04. The number of aliphatic carboxylic acids is 1. The molecule has 1 rings (SSSR count). The van der Waals surface area contributed by atoms with E-state index in [0.717, 1.165) is 5.56 Å². The van der Waals surface area contributed by atoms with Crippen molar-refractivity contribution in [3.63, 3.8) is 0 Å². The van der Waals surface area contributed by atoms with Gasteiger partial charge in [-0.05, 0) is 12.0 Å². The van der Waals surface area contributed by atoms with Crippen LogP contribution in [-0.2, 0) is 9.59 Å². The lowest BCUT2D eigenvalue weighted by molar-refractivity contribution is -0.140. The van der Waals surface area contributed by atoms with Crippen molar-refractivity contribution < 1.29 is 14.7 Å². The zero-order valence-electron chi connectivity index (χ0n) is 8.67. The van der Waals surface area contributed by atoms with E-state index in [0.29, 0.717) is 6.41 Å². The highest BCUT2D eigenvalue weighted by atomic mass is 16.4. The van der Waals surface area contributed by atoms with Crippen molar-refractivity contribution >= 4 is 18.5 Å². The van der Waals surface area contributed by atoms with Crippen LogP contribution in [0.15, 0.2) is 36.4 Å². The number of benzene rings is 1. The van der Waals surface area contributed by atoms with Crippen molar-refractivity contribution in [3.05, 3.63) is 42.0 Å². The minimum atomic E-state index is -1.04. The maximum atomic E-state index is 10.7. The Balaban J connectivity index is 2.52. The van der Waals surface area contributed by atoms with Crippen LogP contribution in [0, 0.1) is 0 Å². The molecule has 0 bridgehead atoms. The second-order valence-corrected chi connectivity index (χ2v) is 3.22. The van der Waals surface area contributed by atoms with E-state index in [1.165, 1.54) is 0 Å². The lowest BCUT2D eigenvalue weighted by Gasteiger charge is -2.07. The Labute approximate surface area is 93.6 Å². The van der Waals surface area contributed by atoms with E-state index in [1.54, 1.807) is 6.08 Å². The van der Waals surface area contributed by atoms with Crippen LogP contribution in [-0.4, -0.2) is 23.5 Å². The Bertz CT molecular complexity index is 373. The first-order valence-corrected chi connectivity index (χ1v) is 4.88. The summed E-state index contributed by atoms with van der Waals surface area (Å²) in [5.41, 5.74) is 0.998. The maximum absolute atomic E-state index is 10.7. The van der Waals surface area contributed by atoms with Crippen LogP contribution in [0.3, 0.4) is 0 Å². The summed E-state index contributed by atoms with van der Waals surface area (Å²) in [4.78, 5) is 20.8. The molecule has 0 fully saturated rings. The number of carbonyl (C=O) groups is 2. The Kier molecular flexibility index (Phi) is 4.79. The van der Waals surface area contributed by atoms with Crippen molar-refractivity contribution in [3.8, 4) is 0 Å². The van der Waals surface area contributed by atoms with Gasteiger partial charge in [0.25, 0.3) is 0 Å². The highest BCUT2D eigenvalue weighted by molar-refractivity contribution is 5.76. The van der Waals surface area contributed by atoms with Gasteiger partial charge in [-0.3, -0.25) is 4.79 Å². The first kappa shape index (κ1) is 12.0. The molecular weight excluding hydrogens is 206 g/mol. The molecule has 0 saturated carbocycles. The Hall–Kier alpha value is -2.10. The number of amides is 1. The van der Waals surface area contributed by atoms with Gasteiger partial charge in [-0.25, -0.2) is 4.79 Å². The third-order valence-corrected chi connectivity index (χ3v) is 2.05. The van der Waals surface area contributed by atoms with E-state index >= 15 is 0 Å². The molecule has 0 aromatic heterocycles. The van der Waals surface area contributed by atoms with Gasteiger partial charge in [0, 0.05) is 0 Å². The van der Waals surface area contributed by atoms with Crippen LogP contribution in [0.2, 0.25) is 0 Å². The number of carbonyl (C=O) groups excluding carboxylic acids is 1. The molecule has 0 radical (unpaired) electrons. The van der Waals surface area contributed by atoms with Crippen LogP contribution in [0.1, 0.15) is 12.0 Å². The first-order chi connectivity index (χ1) is 7.74. The molecule has 0 spiro atoms. The summed E-state index contributed by atoms with van der Waals surface area (Å²) in [7, 11) is 0. The van der Waals surface area contributed by atoms with Gasteiger partial charge in [0.15, 0.2) is 0 Å². The van der Waals surface area contributed by atoms with Crippen molar-refractivity contribution in [1.29, 1.82) is 0 Å². The van der Waals surface area contributed by atoms with Gasteiger partial charge in [-0.2, -0.15) is 0 Å². The van der Waals surface area contributed by atoms with E-state index in [9.17, 15) is 9.59 Å². The van der Waals surface area contributed by atoms with Gasteiger partial charge in [0.2, 0.25) is 6.41 Å². The molecule has 0 aliphatic rings. The predicted molar refractivity (Wildman–Crippen MR) is 60.7 cm³/mol.